The highest BCUT2D eigenvalue weighted by molar-refractivity contribution is 5.82. The number of nitrogens with one attached hydrogen (secondary N) is 1. The van der Waals surface area contributed by atoms with Crippen LogP contribution < -0.4 is 10.2 Å². The summed E-state index contributed by atoms with van der Waals surface area (Å²) in [7, 11) is 0. The van der Waals surface area contributed by atoms with Crippen molar-refractivity contribution >= 4 is 17.3 Å². The largest absolute Gasteiger partial charge is 0.368 e. The molecule has 2 heterocycles. The maximum Gasteiger partial charge on any atom is 0.269 e. The normalized spacial score (nSPS) is 22.7. The van der Waals surface area contributed by atoms with Crippen LogP contribution in [0.1, 0.15) is 24.8 Å². The minimum Gasteiger partial charge on any atom is -0.368 e. The molecule has 0 aliphatic carbocycles. The van der Waals surface area contributed by atoms with Crippen LogP contribution in [0, 0.1) is 16.0 Å². The molecule has 0 saturated carbocycles. The monoisotopic (exact) mass is 315 g/mol. The minimum absolute atomic E-state index is 0.0129. The van der Waals surface area contributed by atoms with E-state index in [2.05, 4.69) is 16.8 Å². The van der Waals surface area contributed by atoms with Gasteiger partial charge in [-0.3, -0.25) is 14.9 Å². The molecule has 3 rings (SSSR count). The number of carbonyl (C=O) groups is 1. The minimum atomic E-state index is -0.380. The zero-order chi connectivity index (χ0) is 16.4. The molecule has 2 atom stereocenters. The van der Waals surface area contributed by atoms with Gasteiger partial charge in [0.2, 0.25) is 5.91 Å². The number of benzene rings is 1. The fraction of sp³-hybridized carbons (Fsp3) is 0.471. The smallest absolute Gasteiger partial charge is 0.269 e. The summed E-state index contributed by atoms with van der Waals surface area (Å²) >= 11 is 0. The zero-order valence-electron chi connectivity index (χ0n) is 13.0. The lowest BCUT2D eigenvalue weighted by Gasteiger charge is -2.45. The van der Waals surface area contributed by atoms with Crippen molar-refractivity contribution in [3.8, 4) is 0 Å². The quantitative estimate of drug-likeness (QED) is 0.526. The molecular weight excluding hydrogens is 294 g/mol. The highest BCUT2D eigenvalue weighted by atomic mass is 16.6. The molecule has 1 amide bonds. The van der Waals surface area contributed by atoms with Gasteiger partial charge in [0.1, 0.15) is 0 Å². The standard InChI is InChI=1S/C17H21N3O3/c1-2-8-18-17(21)14-11-12-10-13(20(22)23)6-7-15(12)19-9-4-3-5-16(14)19/h2,6-7,10,14,16H,1,3-5,8-9,11H2,(H,18,21). The predicted molar refractivity (Wildman–Crippen MR) is 88.5 cm³/mol. The first-order chi connectivity index (χ1) is 11.1. The Hall–Kier alpha value is -2.37. The number of hydrogen-bond donors (Lipinski definition) is 1. The van der Waals surface area contributed by atoms with E-state index >= 15 is 0 Å². The number of hydrogen-bond acceptors (Lipinski definition) is 4. The van der Waals surface area contributed by atoms with E-state index in [-0.39, 0.29) is 28.5 Å². The summed E-state index contributed by atoms with van der Waals surface area (Å²) in [5.74, 6) is -0.149. The summed E-state index contributed by atoms with van der Waals surface area (Å²) in [6.07, 6.45) is 5.42. The summed E-state index contributed by atoms with van der Waals surface area (Å²) in [6.45, 7) is 4.98. The second-order valence-electron chi connectivity index (χ2n) is 6.17. The molecule has 2 aliphatic heterocycles. The van der Waals surface area contributed by atoms with E-state index in [0.717, 1.165) is 37.1 Å². The van der Waals surface area contributed by atoms with E-state index in [0.29, 0.717) is 13.0 Å². The highest BCUT2D eigenvalue weighted by Crippen LogP contribution is 2.39. The van der Waals surface area contributed by atoms with E-state index < -0.39 is 0 Å². The molecule has 6 heteroatoms. The van der Waals surface area contributed by atoms with Crippen molar-refractivity contribution in [2.75, 3.05) is 18.0 Å². The third-order valence-electron chi connectivity index (χ3n) is 4.79. The number of piperidine rings is 1. The van der Waals surface area contributed by atoms with Crippen LogP contribution in [0.15, 0.2) is 30.9 Å². The topological polar surface area (TPSA) is 75.5 Å². The van der Waals surface area contributed by atoms with Gasteiger partial charge in [0.15, 0.2) is 0 Å². The van der Waals surface area contributed by atoms with Gasteiger partial charge in [-0.15, -0.1) is 6.58 Å². The number of fused-ring (bicyclic) bond motifs is 3. The summed E-state index contributed by atoms with van der Waals surface area (Å²) in [5, 5.41) is 13.9. The Labute approximate surface area is 135 Å². The molecule has 122 valence electrons. The number of amides is 1. The number of anilines is 1. The maximum atomic E-state index is 12.5. The lowest BCUT2D eigenvalue weighted by atomic mass is 9.80. The van der Waals surface area contributed by atoms with E-state index in [4.69, 9.17) is 0 Å². The Bertz CT molecular complexity index is 644. The van der Waals surface area contributed by atoms with Crippen LogP contribution in [-0.2, 0) is 11.2 Å². The molecule has 2 aliphatic rings. The van der Waals surface area contributed by atoms with Gasteiger partial charge in [-0.1, -0.05) is 6.08 Å². The van der Waals surface area contributed by atoms with Gasteiger partial charge in [0.05, 0.1) is 10.8 Å². The number of nitrogens with zero attached hydrogens (tertiary/aromatic N) is 2. The fourth-order valence-electron chi connectivity index (χ4n) is 3.75. The lowest BCUT2D eigenvalue weighted by molar-refractivity contribution is -0.384. The molecule has 1 aromatic carbocycles. The molecule has 0 bridgehead atoms. The molecule has 0 radical (unpaired) electrons. The molecular formula is C17H21N3O3. The van der Waals surface area contributed by atoms with Crippen molar-refractivity contribution in [3.63, 3.8) is 0 Å². The van der Waals surface area contributed by atoms with Gasteiger partial charge < -0.3 is 10.2 Å². The first-order valence-corrected chi connectivity index (χ1v) is 8.04. The van der Waals surface area contributed by atoms with Crippen molar-refractivity contribution in [1.82, 2.24) is 5.32 Å². The summed E-state index contributed by atoms with van der Waals surface area (Å²) in [4.78, 5) is 25.4. The van der Waals surface area contributed by atoms with Crippen LogP contribution in [0.3, 0.4) is 0 Å². The molecule has 0 aromatic heterocycles. The second-order valence-corrected chi connectivity index (χ2v) is 6.17. The predicted octanol–water partition coefficient (Wildman–Crippen LogP) is 2.43. The lowest BCUT2D eigenvalue weighted by Crippen LogP contribution is -2.53. The van der Waals surface area contributed by atoms with Crippen LogP contribution >= 0.6 is 0 Å². The highest BCUT2D eigenvalue weighted by Gasteiger charge is 2.39. The second kappa shape index (κ2) is 6.40. The number of carbonyl (C=O) groups excluding carboxylic acids is 1. The van der Waals surface area contributed by atoms with Crippen molar-refractivity contribution < 1.29 is 9.72 Å². The molecule has 23 heavy (non-hydrogen) atoms. The Balaban J connectivity index is 1.94. The van der Waals surface area contributed by atoms with Gasteiger partial charge in [-0.2, -0.15) is 0 Å². The average molecular weight is 315 g/mol. The van der Waals surface area contributed by atoms with Crippen molar-refractivity contribution in [2.24, 2.45) is 5.92 Å². The van der Waals surface area contributed by atoms with E-state index in [1.165, 1.54) is 0 Å². The van der Waals surface area contributed by atoms with Crippen molar-refractivity contribution in [3.05, 3.63) is 46.5 Å². The Morgan fingerprint density at radius 1 is 1.48 bits per heavy atom. The SMILES string of the molecule is C=CCNC(=O)C1Cc2cc([N+](=O)[O-])ccc2N2CCCCC12. The van der Waals surface area contributed by atoms with Crippen LogP contribution in [-0.4, -0.2) is 30.0 Å². The molecule has 0 spiro atoms. The third-order valence-corrected chi connectivity index (χ3v) is 4.79. The molecule has 1 saturated heterocycles. The summed E-state index contributed by atoms with van der Waals surface area (Å²) in [5.41, 5.74) is 2.04. The molecule has 1 fully saturated rings. The number of nitro benzene ring substituents is 1. The first-order valence-electron chi connectivity index (χ1n) is 8.04. The Morgan fingerprint density at radius 2 is 2.30 bits per heavy atom. The number of non-ortho nitro benzene ring substituents is 1. The summed E-state index contributed by atoms with van der Waals surface area (Å²) in [6, 6.07) is 5.20. The number of nitro groups is 1. The Morgan fingerprint density at radius 3 is 3.04 bits per heavy atom. The third kappa shape index (κ3) is 2.93. The van der Waals surface area contributed by atoms with Gasteiger partial charge in [-0.05, 0) is 37.3 Å². The van der Waals surface area contributed by atoms with E-state index in [1.807, 2.05) is 6.07 Å². The maximum absolute atomic E-state index is 12.5. The van der Waals surface area contributed by atoms with Crippen molar-refractivity contribution in [2.45, 2.75) is 31.7 Å². The first kappa shape index (κ1) is 15.5. The van der Waals surface area contributed by atoms with E-state index in [9.17, 15) is 14.9 Å². The Kier molecular flexibility index (Phi) is 4.32. The van der Waals surface area contributed by atoms with Gasteiger partial charge in [0.25, 0.3) is 5.69 Å². The molecule has 1 N–H and O–H groups in total. The number of rotatable bonds is 4. The van der Waals surface area contributed by atoms with Crippen LogP contribution in [0.5, 0.6) is 0 Å². The fourth-order valence-corrected chi connectivity index (χ4v) is 3.75. The molecule has 2 unspecified atom stereocenters. The summed E-state index contributed by atoms with van der Waals surface area (Å²) < 4.78 is 0. The van der Waals surface area contributed by atoms with Crippen LogP contribution in [0.2, 0.25) is 0 Å². The van der Waals surface area contributed by atoms with Crippen molar-refractivity contribution in [1.29, 1.82) is 0 Å². The van der Waals surface area contributed by atoms with E-state index in [1.54, 1.807) is 18.2 Å². The van der Waals surface area contributed by atoms with Gasteiger partial charge in [0, 0.05) is 37.0 Å². The molecule has 6 nitrogen and oxygen atoms in total. The zero-order valence-corrected chi connectivity index (χ0v) is 13.0. The van der Waals surface area contributed by atoms with Gasteiger partial charge >= 0.3 is 0 Å². The average Bonchev–Trinajstić information content (AvgIpc) is 2.58. The molecule has 1 aromatic rings. The van der Waals surface area contributed by atoms with Crippen LogP contribution in [0.25, 0.3) is 0 Å². The van der Waals surface area contributed by atoms with Crippen LogP contribution in [0.4, 0.5) is 11.4 Å². The van der Waals surface area contributed by atoms with Gasteiger partial charge in [-0.25, -0.2) is 0 Å².